The lowest BCUT2D eigenvalue weighted by Crippen LogP contribution is -2.43. The maximum Gasteiger partial charge on any atom is 0.317 e. The second kappa shape index (κ2) is 8.91. The fraction of sp³-hybridized carbons (Fsp3) is 0.333. The molecule has 0 aliphatic carbocycles. The molecule has 0 bridgehead atoms. The van der Waals surface area contributed by atoms with E-state index in [2.05, 4.69) is 10.6 Å². The highest BCUT2D eigenvalue weighted by molar-refractivity contribution is 6.30. The number of likely N-dealkylation sites (tertiary alicyclic amines) is 1. The van der Waals surface area contributed by atoms with Crippen molar-refractivity contribution in [2.45, 2.75) is 25.3 Å². The van der Waals surface area contributed by atoms with Crippen LogP contribution in [0.4, 0.5) is 4.79 Å². The minimum absolute atomic E-state index is 0.0448. The summed E-state index contributed by atoms with van der Waals surface area (Å²) in [4.78, 5) is 26.3. The third-order valence-corrected chi connectivity index (χ3v) is 5.16. The summed E-state index contributed by atoms with van der Waals surface area (Å²) in [6.07, 6.45) is 1.98. The molecular weight excluding hydrogens is 362 g/mol. The zero-order valence-corrected chi connectivity index (χ0v) is 16.1. The third kappa shape index (κ3) is 5.01. The summed E-state index contributed by atoms with van der Waals surface area (Å²) in [7, 11) is 1.65. The molecule has 27 heavy (non-hydrogen) atoms. The van der Waals surface area contributed by atoms with Gasteiger partial charge in [-0.2, -0.15) is 0 Å². The molecule has 3 rings (SSSR count). The Morgan fingerprint density at radius 1 is 1.19 bits per heavy atom. The molecule has 3 amide bonds. The number of hydrogen-bond acceptors (Lipinski definition) is 2. The average molecular weight is 386 g/mol. The molecule has 0 radical (unpaired) electrons. The van der Waals surface area contributed by atoms with E-state index in [1.54, 1.807) is 7.05 Å². The number of benzene rings is 2. The topological polar surface area (TPSA) is 61.4 Å². The fourth-order valence-corrected chi connectivity index (χ4v) is 3.54. The van der Waals surface area contributed by atoms with Crippen molar-refractivity contribution in [2.75, 3.05) is 20.1 Å². The van der Waals surface area contributed by atoms with Gasteiger partial charge >= 0.3 is 6.03 Å². The molecule has 2 aromatic carbocycles. The van der Waals surface area contributed by atoms with Crippen molar-refractivity contribution < 1.29 is 9.59 Å². The van der Waals surface area contributed by atoms with Gasteiger partial charge in [-0.25, -0.2) is 4.79 Å². The molecule has 6 heteroatoms. The van der Waals surface area contributed by atoms with Crippen LogP contribution < -0.4 is 10.6 Å². The Morgan fingerprint density at radius 3 is 2.70 bits per heavy atom. The summed E-state index contributed by atoms with van der Waals surface area (Å²) < 4.78 is 0. The molecule has 1 fully saturated rings. The van der Waals surface area contributed by atoms with E-state index >= 15 is 0 Å². The minimum atomic E-state index is -0.106. The maximum absolute atomic E-state index is 12.5. The van der Waals surface area contributed by atoms with Crippen LogP contribution in [0.5, 0.6) is 0 Å². The molecular formula is C21H24ClN3O2. The highest BCUT2D eigenvalue weighted by atomic mass is 35.5. The first-order chi connectivity index (χ1) is 13.1. The van der Waals surface area contributed by atoms with Crippen molar-refractivity contribution in [1.29, 1.82) is 0 Å². The van der Waals surface area contributed by atoms with Crippen molar-refractivity contribution in [3.63, 3.8) is 0 Å². The lowest BCUT2D eigenvalue weighted by atomic mass is 9.89. The van der Waals surface area contributed by atoms with Crippen LogP contribution in [0.1, 0.15) is 40.2 Å². The van der Waals surface area contributed by atoms with Crippen molar-refractivity contribution >= 4 is 23.5 Å². The van der Waals surface area contributed by atoms with Gasteiger partial charge in [0.05, 0.1) is 0 Å². The summed E-state index contributed by atoms with van der Waals surface area (Å²) >= 11 is 5.88. The van der Waals surface area contributed by atoms with Crippen molar-refractivity contribution in [3.8, 4) is 0 Å². The van der Waals surface area contributed by atoms with Crippen LogP contribution in [-0.4, -0.2) is 37.0 Å². The number of halogens is 1. The van der Waals surface area contributed by atoms with E-state index in [4.69, 9.17) is 11.6 Å². The van der Waals surface area contributed by atoms with Crippen molar-refractivity contribution in [3.05, 3.63) is 70.2 Å². The van der Waals surface area contributed by atoms with Crippen molar-refractivity contribution in [2.24, 2.45) is 0 Å². The van der Waals surface area contributed by atoms with Gasteiger partial charge in [-0.15, -0.1) is 0 Å². The standard InChI is InChI=1S/C21H24ClN3O2/c1-23-21(27)25-11-3-6-18(14-25)16-4-2-5-17(12-16)20(26)24-13-15-7-9-19(22)10-8-15/h2,4-5,7-10,12,18H,3,6,11,13-14H2,1H3,(H,23,27)(H,24,26). The predicted molar refractivity (Wildman–Crippen MR) is 107 cm³/mol. The monoisotopic (exact) mass is 385 g/mol. The number of carbonyl (C=O) groups excluding carboxylic acids is 2. The molecule has 5 nitrogen and oxygen atoms in total. The molecule has 0 spiro atoms. The van der Waals surface area contributed by atoms with Gasteiger partial charge in [-0.05, 0) is 48.2 Å². The quantitative estimate of drug-likeness (QED) is 0.841. The minimum Gasteiger partial charge on any atom is -0.348 e. The second-order valence-electron chi connectivity index (χ2n) is 6.77. The molecule has 1 unspecified atom stereocenters. The number of urea groups is 1. The summed E-state index contributed by atoms with van der Waals surface area (Å²) in [5.74, 6) is 0.144. The number of rotatable bonds is 4. The fourth-order valence-electron chi connectivity index (χ4n) is 3.41. The SMILES string of the molecule is CNC(=O)N1CCCC(c2cccc(C(=O)NCc3ccc(Cl)cc3)c2)C1. The van der Waals surface area contributed by atoms with Crippen molar-refractivity contribution in [1.82, 2.24) is 15.5 Å². The van der Waals surface area contributed by atoms with Gasteiger partial charge in [-0.1, -0.05) is 35.9 Å². The predicted octanol–water partition coefficient (Wildman–Crippen LogP) is 3.79. The molecule has 0 aromatic heterocycles. The maximum atomic E-state index is 12.5. The van der Waals surface area contributed by atoms with Crippen LogP contribution in [0.3, 0.4) is 0 Å². The summed E-state index contributed by atoms with van der Waals surface area (Å²) in [5, 5.41) is 6.31. The molecule has 1 heterocycles. The number of piperidine rings is 1. The van der Waals surface area contributed by atoms with E-state index in [1.165, 1.54) is 0 Å². The summed E-state index contributed by atoms with van der Waals surface area (Å²) in [5.41, 5.74) is 2.73. The first-order valence-electron chi connectivity index (χ1n) is 9.16. The number of nitrogens with one attached hydrogen (secondary N) is 2. The third-order valence-electron chi connectivity index (χ3n) is 4.91. The van der Waals surface area contributed by atoms with Crippen LogP contribution in [-0.2, 0) is 6.54 Å². The van der Waals surface area contributed by atoms with E-state index in [9.17, 15) is 9.59 Å². The molecule has 1 aliphatic rings. The van der Waals surface area contributed by atoms with E-state index < -0.39 is 0 Å². The first-order valence-corrected chi connectivity index (χ1v) is 9.54. The van der Waals surface area contributed by atoms with Crippen LogP contribution >= 0.6 is 11.6 Å². The van der Waals surface area contributed by atoms with Gasteiger partial charge < -0.3 is 15.5 Å². The van der Waals surface area contributed by atoms with Crippen LogP contribution in [0.2, 0.25) is 5.02 Å². The van der Waals surface area contributed by atoms with Gasteiger partial charge in [0.15, 0.2) is 0 Å². The van der Waals surface area contributed by atoms with Gasteiger partial charge in [0.1, 0.15) is 0 Å². The smallest absolute Gasteiger partial charge is 0.317 e. The number of carbonyl (C=O) groups is 2. The number of nitrogens with zero attached hydrogens (tertiary/aromatic N) is 1. The Hall–Kier alpha value is -2.53. The first kappa shape index (κ1) is 19.2. The van der Waals surface area contributed by atoms with Crippen LogP contribution in [0.25, 0.3) is 0 Å². The number of hydrogen-bond donors (Lipinski definition) is 2. The largest absolute Gasteiger partial charge is 0.348 e. The van der Waals surface area contributed by atoms with E-state index in [0.717, 1.165) is 30.5 Å². The lowest BCUT2D eigenvalue weighted by molar-refractivity contribution is 0.0950. The Kier molecular flexibility index (Phi) is 6.35. The zero-order chi connectivity index (χ0) is 19.2. The average Bonchev–Trinajstić information content (AvgIpc) is 2.72. The number of amides is 3. The lowest BCUT2D eigenvalue weighted by Gasteiger charge is -2.32. The Labute approximate surface area is 164 Å². The Balaban J connectivity index is 1.64. The van der Waals surface area contributed by atoms with Gasteiger partial charge in [0, 0.05) is 43.2 Å². The molecule has 2 N–H and O–H groups in total. The highest BCUT2D eigenvalue weighted by Crippen LogP contribution is 2.27. The molecule has 1 atom stereocenters. The highest BCUT2D eigenvalue weighted by Gasteiger charge is 2.24. The molecule has 1 aliphatic heterocycles. The van der Waals surface area contributed by atoms with Gasteiger partial charge in [0.2, 0.25) is 0 Å². The second-order valence-corrected chi connectivity index (χ2v) is 7.21. The Morgan fingerprint density at radius 2 is 1.96 bits per heavy atom. The molecule has 142 valence electrons. The Bertz CT molecular complexity index is 807. The molecule has 2 aromatic rings. The van der Waals surface area contributed by atoms with Crippen LogP contribution in [0.15, 0.2) is 48.5 Å². The molecule has 1 saturated heterocycles. The van der Waals surface area contributed by atoms with E-state index in [1.807, 2.05) is 53.4 Å². The van der Waals surface area contributed by atoms with Gasteiger partial charge in [-0.3, -0.25) is 4.79 Å². The molecule has 0 saturated carbocycles. The van der Waals surface area contributed by atoms with E-state index in [-0.39, 0.29) is 17.9 Å². The summed E-state index contributed by atoms with van der Waals surface area (Å²) in [6.45, 7) is 1.90. The summed E-state index contributed by atoms with van der Waals surface area (Å²) in [6, 6.07) is 15.1. The van der Waals surface area contributed by atoms with Crippen LogP contribution in [0, 0.1) is 0 Å². The van der Waals surface area contributed by atoms with Gasteiger partial charge in [0.25, 0.3) is 5.91 Å². The van der Waals surface area contributed by atoms with E-state index in [0.29, 0.717) is 23.7 Å². The normalized spacial score (nSPS) is 16.7. The zero-order valence-electron chi connectivity index (χ0n) is 15.4.